The van der Waals surface area contributed by atoms with Gasteiger partial charge in [0.2, 0.25) is 10.0 Å². The van der Waals surface area contributed by atoms with Gasteiger partial charge in [-0.05, 0) is 48.4 Å². The van der Waals surface area contributed by atoms with Gasteiger partial charge in [-0.1, -0.05) is 18.2 Å². The second-order valence-electron chi connectivity index (χ2n) is 5.76. The molecule has 0 amide bonds. The summed E-state index contributed by atoms with van der Waals surface area (Å²) < 4.78 is 37.2. The molecule has 2 aromatic carbocycles. The quantitative estimate of drug-likeness (QED) is 0.767. The van der Waals surface area contributed by atoms with Gasteiger partial charge in [-0.3, -0.25) is 4.98 Å². The van der Waals surface area contributed by atoms with Gasteiger partial charge < -0.3 is 0 Å². The number of nitriles is 1. The lowest BCUT2D eigenvalue weighted by Gasteiger charge is -2.11. The molecule has 0 bridgehead atoms. The predicted molar refractivity (Wildman–Crippen MR) is 95.9 cm³/mol. The molecule has 1 aromatic heterocycles. The fourth-order valence-electron chi connectivity index (χ4n) is 2.64. The predicted octanol–water partition coefficient (Wildman–Crippen LogP) is 3.38. The van der Waals surface area contributed by atoms with E-state index in [1.807, 2.05) is 19.1 Å². The van der Waals surface area contributed by atoms with E-state index in [9.17, 15) is 18.1 Å². The lowest BCUT2D eigenvalue weighted by Crippen LogP contribution is -2.12. The van der Waals surface area contributed by atoms with Crippen molar-refractivity contribution in [2.24, 2.45) is 5.14 Å². The van der Waals surface area contributed by atoms with Gasteiger partial charge in [-0.25, -0.2) is 17.9 Å². The molecule has 0 aliphatic heterocycles. The molecule has 0 saturated heterocycles. The van der Waals surface area contributed by atoms with Crippen LogP contribution in [-0.2, 0) is 10.0 Å². The van der Waals surface area contributed by atoms with Gasteiger partial charge in [0.1, 0.15) is 5.82 Å². The van der Waals surface area contributed by atoms with Crippen LogP contribution in [0, 0.1) is 24.1 Å². The van der Waals surface area contributed by atoms with Crippen LogP contribution >= 0.6 is 0 Å². The molecule has 0 aliphatic carbocycles. The average molecular weight is 367 g/mol. The van der Waals surface area contributed by atoms with Crippen molar-refractivity contribution in [3.05, 3.63) is 71.7 Å². The van der Waals surface area contributed by atoms with Crippen molar-refractivity contribution in [1.82, 2.24) is 4.98 Å². The number of primary sulfonamides is 1. The Balaban J connectivity index is 2.24. The summed E-state index contributed by atoms with van der Waals surface area (Å²) in [6.07, 6.45) is 1.53. The third-order valence-electron chi connectivity index (χ3n) is 3.95. The first-order valence-corrected chi connectivity index (χ1v) is 9.14. The summed E-state index contributed by atoms with van der Waals surface area (Å²) in [5.41, 5.74) is 3.39. The van der Waals surface area contributed by atoms with Crippen molar-refractivity contribution >= 4 is 10.0 Å². The molecule has 0 atom stereocenters. The highest BCUT2D eigenvalue weighted by Crippen LogP contribution is 2.32. The van der Waals surface area contributed by atoms with Crippen molar-refractivity contribution in [1.29, 1.82) is 5.26 Å². The number of nitrogens with two attached hydrogens (primary N) is 1. The summed E-state index contributed by atoms with van der Waals surface area (Å²) in [5.74, 6) is -0.732. The van der Waals surface area contributed by atoms with E-state index in [4.69, 9.17) is 5.14 Å². The highest BCUT2D eigenvalue weighted by atomic mass is 32.2. The third-order valence-corrected chi connectivity index (χ3v) is 4.84. The van der Waals surface area contributed by atoms with E-state index in [2.05, 4.69) is 11.1 Å². The van der Waals surface area contributed by atoms with E-state index in [0.29, 0.717) is 16.8 Å². The van der Waals surface area contributed by atoms with Gasteiger partial charge in [0.05, 0.1) is 22.2 Å². The molecule has 0 unspecified atom stereocenters. The number of rotatable bonds is 3. The first-order chi connectivity index (χ1) is 12.3. The Hall–Kier alpha value is -3.08. The summed E-state index contributed by atoms with van der Waals surface area (Å²) in [5, 5.41) is 14.4. The first-order valence-electron chi connectivity index (χ1n) is 7.59. The third kappa shape index (κ3) is 3.47. The van der Waals surface area contributed by atoms with Crippen molar-refractivity contribution < 1.29 is 12.8 Å². The number of benzene rings is 2. The van der Waals surface area contributed by atoms with E-state index in [1.54, 1.807) is 18.2 Å². The standard InChI is InChI=1S/C19H14FN3O2S/c1-12-4-5-13(7-15(12)11-21)18-3-2-6-23-19(18)14-8-16(20)10-17(9-14)26(22,24)25/h2-10H,1H3,(H2,22,24,25). The number of aryl methyl sites for hydroxylation is 1. The van der Waals surface area contributed by atoms with Crippen LogP contribution in [0.5, 0.6) is 0 Å². The number of hydrogen-bond donors (Lipinski definition) is 1. The second-order valence-corrected chi connectivity index (χ2v) is 7.32. The molecule has 0 aliphatic rings. The molecule has 26 heavy (non-hydrogen) atoms. The summed E-state index contributed by atoms with van der Waals surface area (Å²) >= 11 is 0. The van der Waals surface area contributed by atoms with Gasteiger partial charge in [0, 0.05) is 17.3 Å². The van der Waals surface area contributed by atoms with E-state index >= 15 is 0 Å². The minimum atomic E-state index is -4.06. The molecule has 2 N–H and O–H groups in total. The maximum Gasteiger partial charge on any atom is 0.238 e. The summed E-state index contributed by atoms with van der Waals surface area (Å²) in [6, 6.07) is 14.3. The Labute approximate surface area is 150 Å². The smallest absolute Gasteiger partial charge is 0.238 e. The lowest BCUT2D eigenvalue weighted by atomic mass is 9.96. The molecular formula is C19H14FN3O2S. The second kappa shape index (κ2) is 6.67. The number of pyridine rings is 1. The van der Waals surface area contributed by atoms with Gasteiger partial charge in [-0.15, -0.1) is 0 Å². The van der Waals surface area contributed by atoms with Crippen molar-refractivity contribution in [3.63, 3.8) is 0 Å². The largest absolute Gasteiger partial charge is 0.256 e. The number of sulfonamides is 1. The Kier molecular flexibility index (Phi) is 4.55. The minimum Gasteiger partial charge on any atom is -0.256 e. The zero-order valence-corrected chi connectivity index (χ0v) is 14.6. The van der Waals surface area contributed by atoms with Crippen LogP contribution in [0.3, 0.4) is 0 Å². The van der Waals surface area contributed by atoms with Gasteiger partial charge in [0.25, 0.3) is 0 Å². The summed E-state index contributed by atoms with van der Waals surface area (Å²) in [4.78, 5) is 3.95. The number of nitrogens with zero attached hydrogens (tertiary/aromatic N) is 2. The zero-order valence-electron chi connectivity index (χ0n) is 13.8. The van der Waals surface area contributed by atoms with Crippen molar-refractivity contribution in [2.45, 2.75) is 11.8 Å². The molecular weight excluding hydrogens is 353 g/mol. The molecule has 7 heteroatoms. The summed E-state index contributed by atoms with van der Waals surface area (Å²) in [7, 11) is -4.06. The maximum absolute atomic E-state index is 14.0. The molecule has 3 rings (SSSR count). The average Bonchev–Trinajstić information content (AvgIpc) is 2.61. The normalized spacial score (nSPS) is 11.2. The molecule has 0 spiro atoms. The fraction of sp³-hybridized carbons (Fsp3) is 0.0526. The zero-order chi connectivity index (χ0) is 18.9. The Morgan fingerprint density at radius 2 is 1.88 bits per heavy atom. The summed E-state index contributed by atoms with van der Waals surface area (Å²) in [6.45, 7) is 1.83. The SMILES string of the molecule is Cc1ccc(-c2cccnc2-c2cc(F)cc(S(N)(=O)=O)c2)cc1C#N. The van der Waals surface area contributed by atoms with Crippen LogP contribution < -0.4 is 5.14 Å². The highest BCUT2D eigenvalue weighted by Gasteiger charge is 2.15. The van der Waals surface area contributed by atoms with Crippen LogP contribution in [0.25, 0.3) is 22.4 Å². The Morgan fingerprint density at radius 1 is 1.12 bits per heavy atom. The molecule has 130 valence electrons. The van der Waals surface area contributed by atoms with E-state index < -0.39 is 15.8 Å². The lowest BCUT2D eigenvalue weighted by molar-refractivity contribution is 0.592. The van der Waals surface area contributed by atoms with Crippen LogP contribution in [0.15, 0.2) is 59.6 Å². The number of hydrogen-bond acceptors (Lipinski definition) is 4. The highest BCUT2D eigenvalue weighted by molar-refractivity contribution is 7.89. The van der Waals surface area contributed by atoms with E-state index in [1.165, 1.54) is 18.3 Å². The van der Waals surface area contributed by atoms with Crippen molar-refractivity contribution in [3.8, 4) is 28.5 Å². The monoisotopic (exact) mass is 367 g/mol. The van der Waals surface area contributed by atoms with Gasteiger partial charge in [0.15, 0.2) is 0 Å². The number of halogens is 1. The molecule has 0 fully saturated rings. The first kappa shape index (κ1) is 17.7. The van der Waals surface area contributed by atoms with E-state index in [0.717, 1.165) is 17.2 Å². The maximum atomic E-state index is 14.0. The van der Waals surface area contributed by atoms with Crippen LogP contribution in [0.4, 0.5) is 4.39 Å². The molecule has 0 radical (unpaired) electrons. The van der Waals surface area contributed by atoms with Crippen LogP contribution in [0.2, 0.25) is 0 Å². The molecule has 5 nitrogen and oxygen atoms in total. The Morgan fingerprint density at radius 3 is 2.58 bits per heavy atom. The Bertz CT molecular complexity index is 1150. The molecule has 0 saturated carbocycles. The van der Waals surface area contributed by atoms with Crippen LogP contribution in [0.1, 0.15) is 11.1 Å². The number of aromatic nitrogens is 1. The fourth-order valence-corrected chi connectivity index (χ4v) is 3.21. The van der Waals surface area contributed by atoms with Crippen LogP contribution in [-0.4, -0.2) is 13.4 Å². The minimum absolute atomic E-state index is 0.281. The molecule has 1 heterocycles. The van der Waals surface area contributed by atoms with Gasteiger partial charge in [-0.2, -0.15) is 5.26 Å². The van der Waals surface area contributed by atoms with Gasteiger partial charge >= 0.3 is 0 Å². The van der Waals surface area contributed by atoms with Crippen molar-refractivity contribution in [2.75, 3.05) is 0 Å². The molecule has 3 aromatic rings. The van der Waals surface area contributed by atoms with E-state index in [-0.39, 0.29) is 10.5 Å². The topological polar surface area (TPSA) is 96.8 Å².